The van der Waals surface area contributed by atoms with Crippen molar-refractivity contribution in [2.45, 2.75) is 154 Å². The van der Waals surface area contributed by atoms with E-state index in [1.807, 2.05) is 0 Å². The van der Waals surface area contributed by atoms with Crippen LogP contribution < -0.4 is 0 Å². The molecule has 2 fully saturated rings. The van der Waals surface area contributed by atoms with Crippen LogP contribution in [0.2, 0.25) is 36.3 Å². The summed E-state index contributed by atoms with van der Waals surface area (Å²) in [6.45, 7) is 27.8. The van der Waals surface area contributed by atoms with E-state index < -0.39 is 31.7 Å². The summed E-state index contributed by atoms with van der Waals surface area (Å²) < 4.78 is 44.6. The molecule has 4 rings (SSSR count). The average molecular weight is 761 g/mol. The molecule has 8 heteroatoms. The van der Waals surface area contributed by atoms with Crippen LogP contribution in [-0.2, 0) is 18.7 Å². The summed E-state index contributed by atoms with van der Waals surface area (Å²) in [5, 5.41) is -0.382. The lowest BCUT2D eigenvalue weighted by molar-refractivity contribution is 0.0979. The molecule has 0 N–H and O–H groups in total. The SMILES string of the molecule is C[C@H](/C=C/I)[C@H]1CC[C@H]2/C(=C/C3C4=C(CS3(=O)=O)[C@@H](O[Si](C)(C)C(C)(C)C)C[C@H](O[Si](C)(C)C(C)(C)C)C4)CCC[C@]12C. The van der Waals surface area contributed by atoms with E-state index in [1.165, 1.54) is 24.8 Å². The van der Waals surface area contributed by atoms with Gasteiger partial charge in [0.15, 0.2) is 26.5 Å². The maximum Gasteiger partial charge on any atom is 0.192 e. The Morgan fingerprint density at radius 1 is 0.977 bits per heavy atom. The Hall–Kier alpha value is 0.254. The quantitative estimate of drug-likeness (QED) is 0.147. The van der Waals surface area contributed by atoms with Crippen LogP contribution in [0.5, 0.6) is 0 Å². The first kappa shape index (κ1) is 36.1. The number of rotatable bonds is 7. The van der Waals surface area contributed by atoms with E-state index in [2.05, 4.69) is 120 Å². The first-order chi connectivity index (χ1) is 19.5. The Kier molecular flexibility index (Phi) is 10.4. The second kappa shape index (κ2) is 12.4. The molecule has 0 bridgehead atoms. The average Bonchev–Trinajstić information content (AvgIpc) is 3.31. The van der Waals surface area contributed by atoms with E-state index in [0.29, 0.717) is 17.8 Å². The third kappa shape index (κ3) is 7.09. The molecule has 1 aliphatic heterocycles. The van der Waals surface area contributed by atoms with Crippen LogP contribution >= 0.6 is 22.6 Å². The summed E-state index contributed by atoms with van der Waals surface area (Å²) >= 11 is 2.35. The van der Waals surface area contributed by atoms with Crippen molar-refractivity contribution in [3.63, 3.8) is 0 Å². The van der Waals surface area contributed by atoms with Crippen molar-refractivity contribution >= 4 is 49.1 Å². The maximum atomic E-state index is 14.1. The Morgan fingerprint density at radius 2 is 1.58 bits per heavy atom. The van der Waals surface area contributed by atoms with Gasteiger partial charge in [-0.1, -0.05) is 95.7 Å². The Balaban J connectivity index is 1.74. The third-order valence-corrected chi connectivity index (χ3v) is 24.1. The second-order valence-electron chi connectivity index (χ2n) is 17.6. The van der Waals surface area contributed by atoms with Crippen molar-refractivity contribution in [2.75, 3.05) is 5.75 Å². The fraction of sp³-hybridized carbons (Fsp3) is 0.829. The molecule has 0 aromatic rings. The van der Waals surface area contributed by atoms with Gasteiger partial charge in [-0.05, 0) is 113 Å². The summed E-state index contributed by atoms with van der Waals surface area (Å²) in [4.78, 5) is 0. The van der Waals surface area contributed by atoms with Gasteiger partial charge in [0.2, 0.25) is 0 Å². The molecular weight excluding hydrogens is 700 g/mol. The smallest absolute Gasteiger partial charge is 0.192 e. The number of halogens is 1. The summed E-state index contributed by atoms with van der Waals surface area (Å²) in [5.41, 5.74) is 3.83. The fourth-order valence-corrected chi connectivity index (χ4v) is 13.6. The van der Waals surface area contributed by atoms with Crippen LogP contribution in [0.25, 0.3) is 0 Å². The van der Waals surface area contributed by atoms with Gasteiger partial charge < -0.3 is 8.85 Å². The number of fused-ring (bicyclic) bond motifs is 1. The highest BCUT2D eigenvalue weighted by Gasteiger charge is 2.53. The van der Waals surface area contributed by atoms with E-state index in [4.69, 9.17) is 8.85 Å². The van der Waals surface area contributed by atoms with Gasteiger partial charge in [-0.25, -0.2) is 8.42 Å². The predicted octanol–water partition coefficient (Wildman–Crippen LogP) is 10.4. The molecule has 1 unspecified atom stereocenters. The van der Waals surface area contributed by atoms with Crippen molar-refractivity contribution in [1.82, 2.24) is 0 Å². The molecule has 2 saturated carbocycles. The summed E-state index contributed by atoms with van der Waals surface area (Å²) in [6.07, 6.45) is 11.8. The minimum absolute atomic E-state index is 0.00277. The Morgan fingerprint density at radius 3 is 2.16 bits per heavy atom. The largest absolute Gasteiger partial charge is 0.414 e. The Bertz CT molecular complexity index is 1250. The lowest BCUT2D eigenvalue weighted by Gasteiger charge is -2.45. The zero-order valence-corrected chi connectivity index (χ0v) is 34.2. The molecule has 1 heterocycles. The van der Waals surface area contributed by atoms with Gasteiger partial charge in [0.1, 0.15) is 5.25 Å². The summed E-state index contributed by atoms with van der Waals surface area (Å²) in [5.74, 6) is 1.83. The fourth-order valence-electron chi connectivity index (χ4n) is 8.18. The van der Waals surface area contributed by atoms with E-state index in [9.17, 15) is 8.42 Å². The second-order valence-corrected chi connectivity index (χ2v) is 30.0. The number of allylic oxidation sites excluding steroid dienone is 2. The molecule has 0 spiro atoms. The van der Waals surface area contributed by atoms with E-state index in [-0.39, 0.29) is 33.5 Å². The predicted molar refractivity (Wildman–Crippen MR) is 197 cm³/mol. The monoisotopic (exact) mass is 760 g/mol. The number of hydrogen-bond acceptors (Lipinski definition) is 4. The van der Waals surface area contributed by atoms with E-state index in [0.717, 1.165) is 36.8 Å². The van der Waals surface area contributed by atoms with Crippen molar-refractivity contribution < 1.29 is 17.3 Å². The topological polar surface area (TPSA) is 52.6 Å². The van der Waals surface area contributed by atoms with E-state index in [1.54, 1.807) is 0 Å². The van der Waals surface area contributed by atoms with Crippen molar-refractivity contribution in [1.29, 1.82) is 0 Å². The summed E-state index contributed by atoms with van der Waals surface area (Å²) in [6, 6.07) is 0. The standard InChI is InChI=1S/C35H61IO4SSi2/c1-24(17-19-36)29-15-16-30-25(14-13-18-35(29,30)8)20-32-27-21-26(39-42(9,10)33(2,3)4)22-31(28(27)23-41(32,37)38)40-43(11,12)34(5,6)7/h17,19-20,24,26,29-32H,13-16,18,21-23H2,1-12H3/b19-17+,25-20+/t24-,26-,29-,30+,31+,32?,35-/m1/s1. The van der Waals surface area contributed by atoms with Gasteiger partial charge in [-0.15, -0.1) is 0 Å². The van der Waals surface area contributed by atoms with Crippen LogP contribution in [0, 0.1) is 23.2 Å². The lowest BCUT2D eigenvalue weighted by atomic mass is 9.61. The highest BCUT2D eigenvalue weighted by Crippen LogP contribution is 2.60. The molecule has 3 aliphatic carbocycles. The minimum atomic E-state index is -3.35. The van der Waals surface area contributed by atoms with Gasteiger partial charge in [0.05, 0.1) is 18.0 Å². The molecule has 0 amide bonds. The van der Waals surface area contributed by atoms with Crippen molar-refractivity contribution in [2.24, 2.45) is 23.2 Å². The van der Waals surface area contributed by atoms with Crippen LogP contribution in [0.4, 0.5) is 0 Å². The molecule has 0 saturated heterocycles. The molecule has 0 radical (unpaired) electrons. The molecule has 0 aromatic heterocycles. The molecule has 4 aliphatic rings. The van der Waals surface area contributed by atoms with Crippen LogP contribution in [-0.4, -0.2) is 48.3 Å². The van der Waals surface area contributed by atoms with Crippen molar-refractivity contribution in [3.05, 3.63) is 33.0 Å². The van der Waals surface area contributed by atoms with Crippen molar-refractivity contribution in [3.8, 4) is 0 Å². The first-order valence-corrected chi connectivity index (χ1v) is 25.6. The highest BCUT2D eigenvalue weighted by molar-refractivity contribution is 14.1. The van der Waals surface area contributed by atoms with Gasteiger partial charge in [0.25, 0.3) is 0 Å². The lowest BCUT2D eigenvalue weighted by Crippen LogP contribution is -2.49. The third-order valence-electron chi connectivity index (χ3n) is 12.7. The zero-order chi connectivity index (χ0) is 32.4. The van der Waals surface area contributed by atoms with E-state index >= 15 is 0 Å². The van der Waals surface area contributed by atoms with Gasteiger partial charge >= 0.3 is 0 Å². The number of hydrogen-bond donors (Lipinski definition) is 0. The Labute approximate surface area is 280 Å². The molecule has 7 atom stereocenters. The molecular formula is C35H61IO4SSi2. The molecule has 246 valence electrons. The van der Waals surface area contributed by atoms with Crippen LogP contribution in [0.1, 0.15) is 100 Å². The summed E-state index contributed by atoms with van der Waals surface area (Å²) in [7, 11) is -7.53. The molecule has 0 aromatic carbocycles. The first-order valence-electron chi connectivity index (χ1n) is 16.8. The molecule has 4 nitrogen and oxygen atoms in total. The maximum absolute atomic E-state index is 14.1. The number of sulfone groups is 1. The highest BCUT2D eigenvalue weighted by atomic mass is 127. The van der Waals surface area contributed by atoms with Gasteiger partial charge in [0, 0.05) is 6.42 Å². The van der Waals surface area contributed by atoms with Crippen LogP contribution in [0.15, 0.2) is 33.0 Å². The molecule has 43 heavy (non-hydrogen) atoms. The normalized spacial score (nSPS) is 35.5. The minimum Gasteiger partial charge on any atom is -0.414 e. The van der Waals surface area contributed by atoms with Gasteiger partial charge in [-0.2, -0.15) is 0 Å². The van der Waals surface area contributed by atoms with Gasteiger partial charge in [-0.3, -0.25) is 0 Å². The van der Waals surface area contributed by atoms with Crippen LogP contribution in [0.3, 0.4) is 0 Å². The zero-order valence-electron chi connectivity index (χ0n) is 29.3.